The number of anilines is 2. The molecule has 2 aromatic carbocycles. The Morgan fingerprint density at radius 3 is 2.10 bits per heavy atom. The number of ether oxygens (including phenoxy) is 1. The second kappa shape index (κ2) is 7.72. The first-order chi connectivity index (χ1) is 13.8. The molecule has 3 rings (SSSR count). The van der Waals surface area contributed by atoms with Crippen molar-refractivity contribution in [2.45, 2.75) is 6.42 Å². The molecule has 150 valence electrons. The fourth-order valence-corrected chi connectivity index (χ4v) is 3.44. The van der Waals surface area contributed by atoms with Gasteiger partial charge in [-0.25, -0.2) is 9.59 Å². The minimum absolute atomic E-state index is 0.0472. The van der Waals surface area contributed by atoms with Gasteiger partial charge in [-0.2, -0.15) is 0 Å². The van der Waals surface area contributed by atoms with Gasteiger partial charge in [0.2, 0.25) is 0 Å². The van der Waals surface area contributed by atoms with Crippen molar-refractivity contribution >= 4 is 34.8 Å². The standard InChI is InChI=1S/C20H19N3O6/c1-29-8-4-7-23-17-9-5-2-3-6-10(9)18(24)12-11(17)15(21)13(19(25)26)14(16(12)22)20(27)28/h2-3,5-6H,4,7-8,21-22H2,1H3,(H,25,26)(H,27,28). The fraction of sp³-hybridized carbons (Fsp3) is 0.200. The lowest BCUT2D eigenvalue weighted by atomic mass is 9.79. The highest BCUT2D eigenvalue weighted by atomic mass is 16.5. The van der Waals surface area contributed by atoms with Crippen LogP contribution in [0.1, 0.15) is 54.2 Å². The van der Waals surface area contributed by atoms with Crippen LogP contribution in [0.2, 0.25) is 0 Å². The summed E-state index contributed by atoms with van der Waals surface area (Å²) < 4.78 is 5.01. The van der Waals surface area contributed by atoms with Crippen LogP contribution in [0.3, 0.4) is 0 Å². The molecule has 0 aromatic heterocycles. The molecule has 1 aliphatic rings. The first-order valence-electron chi connectivity index (χ1n) is 8.70. The molecule has 0 spiro atoms. The number of methoxy groups -OCH3 is 1. The number of nitrogens with zero attached hydrogens (tertiary/aromatic N) is 1. The zero-order chi connectivity index (χ0) is 21.3. The normalized spacial score (nSPS) is 13.8. The van der Waals surface area contributed by atoms with E-state index in [2.05, 4.69) is 4.99 Å². The monoisotopic (exact) mass is 397 g/mol. The van der Waals surface area contributed by atoms with Gasteiger partial charge in [-0.15, -0.1) is 0 Å². The lowest BCUT2D eigenvalue weighted by Crippen LogP contribution is -2.28. The number of nitrogens with two attached hydrogens (primary N) is 2. The first-order valence-corrected chi connectivity index (χ1v) is 8.70. The minimum Gasteiger partial charge on any atom is -0.478 e. The maximum atomic E-state index is 13.1. The van der Waals surface area contributed by atoms with E-state index in [1.165, 1.54) is 0 Å². The zero-order valence-electron chi connectivity index (χ0n) is 15.6. The summed E-state index contributed by atoms with van der Waals surface area (Å²) in [4.78, 5) is 41.1. The SMILES string of the molecule is COCCCN=C1c2ccccc2C(=O)c2c(N)c(C(=O)O)c(C(=O)O)c(N)c21. The molecule has 0 heterocycles. The van der Waals surface area contributed by atoms with E-state index in [-0.39, 0.29) is 22.4 Å². The topological polar surface area (TPSA) is 165 Å². The number of aliphatic imine (C=N–C) groups is 1. The minimum atomic E-state index is -1.58. The Morgan fingerprint density at radius 2 is 1.55 bits per heavy atom. The predicted molar refractivity (Wildman–Crippen MR) is 106 cm³/mol. The summed E-state index contributed by atoms with van der Waals surface area (Å²) in [5.74, 6) is -3.67. The van der Waals surface area contributed by atoms with Crippen molar-refractivity contribution in [1.82, 2.24) is 0 Å². The number of fused-ring (bicyclic) bond motifs is 2. The molecule has 0 fully saturated rings. The summed E-state index contributed by atoms with van der Waals surface area (Å²) in [6, 6.07) is 6.62. The number of carbonyl (C=O) groups excluding carboxylic acids is 1. The Hall–Kier alpha value is -3.72. The quantitative estimate of drug-likeness (QED) is 0.360. The van der Waals surface area contributed by atoms with E-state index in [4.69, 9.17) is 16.2 Å². The number of ketones is 1. The van der Waals surface area contributed by atoms with Crippen LogP contribution in [-0.2, 0) is 4.74 Å². The third kappa shape index (κ3) is 3.21. The van der Waals surface area contributed by atoms with Crippen molar-refractivity contribution in [2.24, 2.45) is 4.99 Å². The van der Waals surface area contributed by atoms with Crippen LogP contribution in [0, 0.1) is 0 Å². The number of hydrogen-bond donors (Lipinski definition) is 4. The second-order valence-electron chi connectivity index (χ2n) is 6.39. The maximum Gasteiger partial charge on any atom is 0.338 e. The Labute approximate surface area is 165 Å². The van der Waals surface area contributed by atoms with E-state index in [0.29, 0.717) is 30.8 Å². The van der Waals surface area contributed by atoms with Gasteiger partial charge in [0.1, 0.15) is 0 Å². The third-order valence-corrected chi connectivity index (χ3v) is 4.67. The first kappa shape index (κ1) is 20.0. The number of nitrogen functional groups attached to an aromatic ring is 2. The Bertz CT molecular complexity index is 1070. The van der Waals surface area contributed by atoms with E-state index in [0.717, 1.165) is 0 Å². The van der Waals surface area contributed by atoms with Crippen molar-refractivity contribution in [2.75, 3.05) is 31.7 Å². The number of benzene rings is 2. The molecule has 2 aromatic rings. The van der Waals surface area contributed by atoms with Crippen LogP contribution in [0.4, 0.5) is 11.4 Å². The summed E-state index contributed by atoms with van der Waals surface area (Å²) >= 11 is 0. The van der Waals surface area contributed by atoms with Crippen molar-refractivity contribution < 1.29 is 29.3 Å². The van der Waals surface area contributed by atoms with Gasteiger partial charge in [-0.05, 0) is 6.42 Å². The summed E-state index contributed by atoms with van der Waals surface area (Å²) in [6.07, 6.45) is 0.583. The molecule has 0 aliphatic heterocycles. The van der Waals surface area contributed by atoms with Crippen LogP contribution >= 0.6 is 0 Å². The molecule has 0 unspecified atom stereocenters. The van der Waals surface area contributed by atoms with Crippen molar-refractivity contribution in [3.05, 3.63) is 57.6 Å². The number of carbonyl (C=O) groups is 3. The summed E-state index contributed by atoms with van der Waals surface area (Å²) in [5.41, 5.74) is 10.9. The third-order valence-electron chi connectivity index (χ3n) is 4.67. The van der Waals surface area contributed by atoms with Gasteiger partial charge in [0.15, 0.2) is 5.78 Å². The smallest absolute Gasteiger partial charge is 0.338 e. The molecule has 0 bridgehead atoms. The van der Waals surface area contributed by atoms with Crippen molar-refractivity contribution in [1.29, 1.82) is 0 Å². The number of hydrogen-bond acceptors (Lipinski definition) is 7. The number of carboxylic acid groups (broad SMARTS) is 2. The van der Waals surface area contributed by atoms with Gasteiger partial charge in [-0.3, -0.25) is 9.79 Å². The molecule has 0 radical (unpaired) electrons. The summed E-state index contributed by atoms with van der Waals surface area (Å²) in [6.45, 7) is 0.785. The molecule has 0 saturated heterocycles. The second-order valence-corrected chi connectivity index (χ2v) is 6.39. The molecule has 29 heavy (non-hydrogen) atoms. The van der Waals surface area contributed by atoms with Gasteiger partial charge in [-0.1, -0.05) is 24.3 Å². The number of aromatic carboxylic acids is 2. The van der Waals surface area contributed by atoms with Gasteiger partial charge < -0.3 is 26.4 Å². The molecule has 9 heteroatoms. The molecular formula is C20H19N3O6. The maximum absolute atomic E-state index is 13.1. The molecule has 0 atom stereocenters. The molecule has 0 amide bonds. The zero-order valence-corrected chi connectivity index (χ0v) is 15.6. The predicted octanol–water partition coefficient (Wildman–Crippen LogP) is 1.67. The van der Waals surface area contributed by atoms with Gasteiger partial charge in [0.05, 0.1) is 33.8 Å². The fourth-order valence-electron chi connectivity index (χ4n) is 3.44. The Morgan fingerprint density at radius 1 is 1.00 bits per heavy atom. The lowest BCUT2D eigenvalue weighted by Gasteiger charge is -2.25. The Kier molecular flexibility index (Phi) is 5.33. The lowest BCUT2D eigenvalue weighted by molar-refractivity contribution is 0.0653. The molecule has 6 N–H and O–H groups in total. The van der Waals surface area contributed by atoms with Crippen molar-refractivity contribution in [3.63, 3.8) is 0 Å². The summed E-state index contributed by atoms with van der Waals surface area (Å²) in [5, 5.41) is 19.1. The van der Waals surface area contributed by atoms with E-state index in [1.54, 1.807) is 31.4 Å². The van der Waals surface area contributed by atoms with Gasteiger partial charge >= 0.3 is 11.9 Å². The highest BCUT2D eigenvalue weighted by molar-refractivity contribution is 6.35. The van der Waals surface area contributed by atoms with Crippen LogP contribution in [-0.4, -0.2) is 53.9 Å². The van der Waals surface area contributed by atoms with Crippen LogP contribution in [0.25, 0.3) is 0 Å². The molecule has 1 aliphatic carbocycles. The molecule has 0 saturated carbocycles. The van der Waals surface area contributed by atoms with Gasteiger partial charge in [0, 0.05) is 37.0 Å². The highest BCUT2D eigenvalue weighted by Gasteiger charge is 2.37. The molecule has 9 nitrogen and oxygen atoms in total. The highest BCUT2D eigenvalue weighted by Crippen LogP contribution is 2.39. The number of rotatable bonds is 6. The average molecular weight is 397 g/mol. The average Bonchev–Trinajstić information content (AvgIpc) is 2.68. The van der Waals surface area contributed by atoms with Crippen molar-refractivity contribution in [3.8, 4) is 0 Å². The van der Waals surface area contributed by atoms with Gasteiger partial charge in [0.25, 0.3) is 0 Å². The van der Waals surface area contributed by atoms with Crippen LogP contribution in [0.5, 0.6) is 0 Å². The van der Waals surface area contributed by atoms with Crippen LogP contribution < -0.4 is 11.5 Å². The summed E-state index contributed by atoms with van der Waals surface area (Å²) in [7, 11) is 1.56. The van der Waals surface area contributed by atoms with E-state index >= 15 is 0 Å². The van der Waals surface area contributed by atoms with E-state index in [1.807, 2.05) is 0 Å². The van der Waals surface area contributed by atoms with E-state index in [9.17, 15) is 24.6 Å². The molecular weight excluding hydrogens is 378 g/mol. The van der Waals surface area contributed by atoms with Crippen LogP contribution in [0.15, 0.2) is 29.3 Å². The number of carboxylic acids is 2. The Balaban J connectivity index is 2.39. The largest absolute Gasteiger partial charge is 0.478 e. The van der Waals surface area contributed by atoms with E-state index < -0.39 is 34.5 Å².